The lowest BCUT2D eigenvalue weighted by molar-refractivity contribution is -0.130. The Labute approximate surface area is 128 Å². The van der Waals surface area contributed by atoms with Gasteiger partial charge in [0.2, 0.25) is 11.8 Å². The molecule has 0 atom stereocenters. The largest absolute Gasteiger partial charge is 0.360 e. The summed E-state index contributed by atoms with van der Waals surface area (Å²) in [7, 11) is 0. The van der Waals surface area contributed by atoms with Crippen LogP contribution in [0.5, 0.6) is 0 Å². The van der Waals surface area contributed by atoms with Crippen LogP contribution < -0.4 is 5.32 Å². The van der Waals surface area contributed by atoms with Gasteiger partial charge in [-0.1, -0.05) is 5.16 Å². The van der Waals surface area contributed by atoms with Crippen LogP contribution in [0.15, 0.2) is 10.6 Å². The van der Waals surface area contributed by atoms with Gasteiger partial charge in [0, 0.05) is 32.2 Å². The molecule has 1 saturated heterocycles. The highest BCUT2D eigenvalue weighted by molar-refractivity contribution is 7.99. The molecule has 1 aliphatic rings. The Kier molecular flexibility index (Phi) is 5.63. The van der Waals surface area contributed by atoms with E-state index >= 15 is 0 Å². The van der Waals surface area contributed by atoms with Crippen LogP contribution in [0.4, 0.5) is 5.82 Å². The molecular formula is C13H20N4O3S. The Hall–Kier alpha value is -1.54. The number of amides is 2. The molecule has 2 rings (SSSR count). The molecule has 2 heterocycles. The van der Waals surface area contributed by atoms with Gasteiger partial charge in [0.25, 0.3) is 0 Å². The van der Waals surface area contributed by atoms with Crippen molar-refractivity contribution in [1.82, 2.24) is 15.0 Å². The Morgan fingerprint density at radius 1 is 1.38 bits per heavy atom. The van der Waals surface area contributed by atoms with Crippen molar-refractivity contribution in [2.24, 2.45) is 0 Å². The first kappa shape index (κ1) is 15.8. The Morgan fingerprint density at radius 2 is 2.10 bits per heavy atom. The number of carbonyl (C=O) groups is 2. The van der Waals surface area contributed by atoms with Crippen LogP contribution in [0.25, 0.3) is 0 Å². The highest BCUT2D eigenvalue weighted by Gasteiger charge is 2.22. The van der Waals surface area contributed by atoms with Gasteiger partial charge in [-0.3, -0.25) is 14.5 Å². The lowest BCUT2D eigenvalue weighted by Crippen LogP contribution is -2.50. The van der Waals surface area contributed by atoms with Gasteiger partial charge in [0.05, 0.1) is 12.3 Å². The van der Waals surface area contributed by atoms with Gasteiger partial charge in [0.1, 0.15) is 5.76 Å². The summed E-state index contributed by atoms with van der Waals surface area (Å²) < 4.78 is 4.89. The fourth-order valence-corrected chi connectivity index (χ4v) is 2.61. The van der Waals surface area contributed by atoms with Crippen molar-refractivity contribution < 1.29 is 14.1 Å². The molecule has 0 saturated carbocycles. The molecule has 2 amide bonds. The quantitative estimate of drug-likeness (QED) is 0.849. The van der Waals surface area contributed by atoms with E-state index in [9.17, 15) is 9.59 Å². The number of rotatable bonds is 5. The molecule has 1 N–H and O–H groups in total. The van der Waals surface area contributed by atoms with Gasteiger partial charge in [-0.15, -0.1) is 0 Å². The van der Waals surface area contributed by atoms with Crippen molar-refractivity contribution in [1.29, 1.82) is 0 Å². The molecule has 21 heavy (non-hydrogen) atoms. The van der Waals surface area contributed by atoms with E-state index in [1.54, 1.807) is 13.0 Å². The highest BCUT2D eigenvalue weighted by atomic mass is 32.2. The second kappa shape index (κ2) is 7.46. The molecule has 0 aliphatic carbocycles. The fraction of sp³-hybridized carbons (Fsp3) is 0.615. The predicted molar refractivity (Wildman–Crippen MR) is 81.3 cm³/mol. The van der Waals surface area contributed by atoms with Gasteiger partial charge in [0.15, 0.2) is 5.82 Å². The first-order chi connectivity index (χ1) is 10.1. The summed E-state index contributed by atoms with van der Waals surface area (Å²) in [5.74, 6) is 1.67. The minimum atomic E-state index is -0.118. The average molecular weight is 312 g/mol. The maximum absolute atomic E-state index is 11.9. The van der Waals surface area contributed by atoms with Gasteiger partial charge >= 0.3 is 0 Å². The Balaban J connectivity index is 1.73. The number of carbonyl (C=O) groups excluding carboxylic acids is 2. The summed E-state index contributed by atoms with van der Waals surface area (Å²) >= 11 is 1.53. The molecule has 0 radical (unpaired) electrons. The lowest BCUT2D eigenvalue weighted by Gasteiger charge is -2.34. The number of piperazine rings is 1. The molecule has 1 aromatic rings. The van der Waals surface area contributed by atoms with E-state index in [2.05, 4.69) is 10.5 Å². The molecule has 116 valence electrons. The third-order valence-electron chi connectivity index (χ3n) is 3.26. The third kappa shape index (κ3) is 4.75. The smallest absolute Gasteiger partial charge is 0.239 e. The monoisotopic (exact) mass is 312 g/mol. The van der Waals surface area contributed by atoms with Gasteiger partial charge in [-0.2, -0.15) is 11.8 Å². The second-order valence-corrected chi connectivity index (χ2v) is 5.83. The zero-order valence-corrected chi connectivity index (χ0v) is 13.1. The minimum Gasteiger partial charge on any atom is -0.360 e. The molecule has 1 fully saturated rings. The first-order valence-electron chi connectivity index (χ1n) is 6.80. The zero-order chi connectivity index (χ0) is 15.2. The zero-order valence-electron chi connectivity index (χ0n) is 12.3. The van der Waals surface area contributed by atoms with Crippen LogP contribution >= 0.6 is 11.8 Å². The average Bonchev–Trinajstić information content (AvgIpc) is 2.85. The second-order valence-electron chi connectivity index (χ2n) is 4.96. The molecule has 8 heteroatoms. The number of aryl methyl sites for hydroxylation is 1. The van der Waals surface area contributed by atoms with Crippen molar-refractivity contribution in [3.8, 4) is 0 Å². The summed E-state index contributed by atoms with van der Waals surface area (Å²) in [6, 6.07) is 1.68. The number of aromatic nitrogens is 1. The molecule has 0 spiro atoms. The van der Waals surface area contributed by atoms with Crippen molar-refractivity contribution in [3.63, 3.8) is 0 Å². The van der Waals surface area contributed by atoms with E-state index in [0.29, 0.717) is 50.1 Å². The van der Waals surface area contributed by atoms with Gasteiger partial charge < -0.3 is 14.7 Å². The topological polar surface area (TPSA) is 78.7 Å². The van der Waals surface area contributed by atoms with Gasteiger partial charge in [-0.05, 0) is 13.2 Å². The summed E-state index contributed by atoms with van der Waals surface area (Å²) in [4.78, 5) is 27.5. The molecule has 1 aliphatic heterocycles. The van der Waals surface area contributed by atoms with Crippen LogP contribution in [-0.2, 0) is 9.59 Å². The number of anilines is 1. The van der Waals surface area contributed by atoms with Crippen molar-refractivity contribution in [3.05, 3.63) is 11.8 Å². The Bertz CT molecular complexity index is 497. The van der Waals surface area contributed by atoms with Crippen molar-refractivity contribution in [2.75, 3.05) is 50.0 Å². The van der Waals surface area contributed by atoms with Crippen LogP contribution in [-0.4, -0.2) is 71.5 Å². The maximum atomic E-state index is 11.9. The van der Waals surface area contributed by atoms with E-state index in [-0.39, 0.29) is 11.8 Å². The normalized spacial score (nSPS) is 16.0. The number of nitrogens with zero attached hydrogens (tertiary/aromatic N) is 3. The molecule has 7 nitrogen and oxygen atoms in total. The summed E-state index contributed by atoms with van der Waals surface area (Å²) in [5, 5.41) is 6.42. The number of nitrogens with one attached hydrogen (secondary N) is 1. The number of thioether (sulfide) groups is 1. The standard InChI is InChI=1S/C13H20N4O3S/c1-10-7-11(15-20-10)14-12(18)8-16-3-5-17(6-4-16)13(19)9-21-2/h7H,3-6,8-9H2,1-2H3,(H,14,15,18). The summed E-state index contributed by atoms with van der Waals surface area (Å²) in [5.41, 5.74) is 0. The molecular weight excluding hydrogens is 292 g/mol. The van der Waals surface area contributed by atoms with Crippen LogP contribution in [0.2, 0.25) is 0 Å². The molecule has 1 aromatic heterocycles. The van der Waals surface area contributed by atoms with E-state index < -0.39 is 0 Å². The van der Waals surface area contributed by atoms with E-state index in [1.807, 2.05) is 16.1 Å². The number of hydrogen-bond donors (Lipinski definition) is 1. The predicted octanol–water partition coefficient (Wildman–Crippen LogP) is 0.429. The Morgan fingerprint density at radius 3 is 2.67 bits per heavy atom. The molecule has 0 bridgehead atoms. The SMILES string of the molecule is CSCC(=O)N1CCN(CC(=O)Nc2cc(C)on2)CC1. The first-order valence-corrected chi connectivity index (χ1v) is 8.20. The molecule has 0 aromatic carbocycles. The lowest BCUT2D eigenvalue weighted by atomic mass is 10.3. The minimum absolute atomic E-state index is 0.118. The van der Waals surface area contributed by atoms with Crippen LogP contribution in [0.3, 0.4) is 0 Å². The maximum Gasteiger partial charge on any atom is 0.239 e. The van der Waals surface area contributed by atoms with Crippen molar-refractivity contribution in [2.45, 2.75) is 6.92 Å². The van der Waals surface area contributed by atoms with Crippen LogP contribution in [0, 0.1) is 6.92 Å². The third-order valence-corrected chi connectivity index (χ3v) is 3.79. The van der Waals surface area contributed by atoms with Crippen LogP contribution in [0.1, 0.15) is 5.76 Å². The highest BCUT2D eigenvalue weighted by Crippen LogP contribution is 2.08. The fourth-order valence-electron chi connectivity index (χ4n) is 2.18. The molecule has 0 unspecified atom stereocenters. The number of hydrogen-bond acceptors (Lipinski definition) is 6. The summed E-state index contributed by atoms with van der Waals surface area (Å²) in [6.45, 7) is 4.85. The van der Waals surface area contributed by atoms with Gasteiger partial charge in [-0.25, -0.2) is 0 Å². The van der Waals surface area contributed by atoms with Crippen molar-refractivity contribution >= 4 is 29.4 Å². The van der Waals surface area contributed by atoms with E-state index in [4.69, 9.17) is 4.52 Å². The van der Waals surface area contributed by atoms with E-state index in [0.717, 1.165) is 0 Å². The van der Waals surface area contributed by atoms with E-state index in [1.165, 1.54) is 11.8 Å². The summed E-state index contributed by atoms with van der Waals surface area (Å²) in [6.07, 6.45) is 1.92.